The summed E-state index contributed by atoms with van der Waals surface area (Å²) in [7, 11) is 1.73. The van der Waals surface area contributed by atoms with Gasteiger partial charge in [-0.1, -0.05) is 13.3 Å². The number of benzene rings is 1. The SMILES string of the molecule is CCCCN(C)C(=O)c1cc(C(=O)Nc2ccc(C(C)=O)cc2)ccn1. The standard InChI is InChI=1S/C20H23N3O3/c1-4-5-12-23(3)20(26)18-13-16(10-11-21-18)19(25)22-17-8-6-15(7-9-17)14(2)24/h6-11,13H,4-5,12H2,1-3H3,(H,22,25). The van der Waals surface area contributed by atoms with Crippen molar-refractivity contribution in [2.75, 3.05) is 18.9 Å². The average Bonchev–Trinajstić information content (AvgIpc) is 2.66. The number of anilines is 1. The molecule has 1 aromatic carbocycles. The molecule has 6 heteroatoms. The number of Topliss-reactive ketones (excluding diaryl/α,β-unsaturated/α-hetero) is 1. The van der Waals surface area contributed by atoms with Crippen LogP contribution in [0.25, 0.3) is 0 Å². The van der Waals surface area contributed by atoms with Gasteiger partial charge in [-0.05, 0) is 49.7 Å². The van der Waals surface area contributed by atoms with E-state index in [1.807, 2.05) is 0 Å². The molecule has 6 nitrogen and oxygen atoms in total. The van der Waals surface area contributed by atoms with Gasteiger partial charge in [0, 0.05) is 36.6 Å². The van der Waals surface area contributed by atoms with Crippen LogP contribution in [0, 0.1) is 0 Å². The first-order valence-corrected chi connectivity index (χ1v) is 8.56. The number of nitrogens with zero attached hydrogens (tertiary/aromatic N) is 2. The minimum Gasteiger partial charge on any atom is -0.340 e. The third-order valence-corrected chi connectivity index (χ3v) is 3.98. The number of pyridine rings is 1. The van der Waals surface area contributed by atoms with Gasteiger partial charge in [-0.25, -0.2) is 0 Å². The normalized spacial score (nSPS) is 10.3. The summed E-state index contributed by atoms with van der Waals surface area (Å²) in [5.41, 5.74) is 1.74. The molecule has 0 saturated carbocycles. The summed E-state index contributed by atoms with van der Waals surface area (Å²) in [6.07, 6.45) is 3.36. The van der Waals surface area contributed by atoms with E-state index in [-0.39, 0.29) is 23.3 Å². The molecule has 0 aliphatic carbocycles. The molecule has 0 radical (unpaired) electrons. The Balaban J connectivity index is 2.09. The predicted molar refractivity (Wildman–Crippen MR) is 101 cm³/mol. The molecule has 0 aliphatic rings. The van der Waals surface area contributed by atoms with Gasteiger partial charge in [-0.3, -0.25) is 19.4 Å². The largest absolute Gasteiger partial charge is 0.340 e. The van der Waals surface area contributed by atoms with Gasteiger partial charge >= 0.3 is 0 Å². The molecule has 0 unspecified atom stereocenters. The lowest BCUT2D eigenvalue weighted by molar-refractivity contribution is 0.0787. The van der Waals surface area contributed by atoms with Gasteiger partial charge in [0.1, 0.15) is 5.69 Å². The van der Waals surface area contributed by atoms with Crippen LogP contribution in [0.15, 0.2) is 42.6 Å². The second-order valence-electron chi connectivity index (χ2n) is 6.10. The maximum absolute atomic E-state index is 12.4. The van der Waals surface area contributed by atoms with E-state index in [9.17, 15) is 14.4 Å². The van der Waals surface area contributed by atoms with Crippen molar-refractivity contribution in [1.29, 1.82) is 0 Å². The first-order chi connectivity index (χ1) is 12.4. The monoisotopic (exact) mass is 353 g/mol. The van der Waals surface area contributed by atoms with Crippen molar-refractivity contribution in [2.45, 2.75) is 26.7 Å². The number of hydrogen-bond donors (Lipinski definition) is 1. The molecule has 136 valence electrons. The highest BCUT2D eigenvalue weighted by Crippen LogP contribution is 2.13. The minimum absolute atomic E-state index is 0.0349. The number of ketones is 1. The lowest BCUT2D eigenvalue weighted by Gasteiger charge is -2.16. The van der Waals surface area contributed by atoms with E-state index < -0.39 is 0 Å². The van der Waals surface area contributed by atoms with Crippen LogP contribution in [-0.2, 0) is 0 Å². The Morgan fingerprint density at radius 3 is 2.38 bits per heavy atom. The summed E-state index contributed by atoms with van der Waals surface area (Å²) in [5, 5.41) is 2.75. The number of nitrogens with one attached hydrogen (secondary N) is 1. The number of unbranched alkanes of at least 4 members (excludes halogenated alkanes) is 1. The number of amides is 2. The number of carbonyl (C=O) groups excluding carboxylic acids is 3. The molecular weight excluding hydrogens is 330 g/mol. The van der Waals surface area contributed by atoms with Gasteiger partial charge < -0.3 is 10.2 Å². The highest BCUT2D eigenvalue weighted by atomic mass is 16.2. The average molecular weight is 353 g/mol. The molecule has 0 bridgehead atoms. The van der Waals surface area contributed by atoms with E-state index in [1.54, 1.807) is 42.3 Å². The van der Waals surface area contributed by atoms with Crippen molar-refractivity contribution in [2.24, 2.45) is 0 Å². The number of hydrogen-bond acceptors (Lipinski definition) is 4. The van der Waals surface area contributed by atoms with E-state index in [2.05, 4.69) is 17.2 Å². The lowest BCUT2D eigenvalue weighted by Crippen LogP contribution is -2.28. The van der Waals surface area contributed by atoms with Crippen LogP contribution in [0.4, 0.5) is 5.69 Å². The second-order valence-corrected chi connectivity index (χ2v) is 6.10. The van der Waals surface area contributed by atoms with Crippen LogP contribution in [0.5, 0.6) is 0 Å². The zero-order valence-electron chi connectivity index (χ0n) is 15.3. The first-order valence-electron chi connectivity index (χ1n) is 8.56. The quantitative estimate of drug-likeness (QED) is 0.774. The molecule has 2 amide bonds. The molecule has 1 N–H and O–H groups in total. The minimum atomic E-state index is -0.340. The van der Waals surface area contributed by atoms with Crippen molar-refractivity contribution in [1.82, 2.24) is 9.88 Å². The zero-order chi connectivity index (χ0) is 19.1. The Labute approximate surface area is 153 Å². The third kappa shape index (κ3) is 4.99. The van der Waals surface area contributed by atoms with Gasteiger partial charge in [0.25, 0.3) is 11.8 Å². The molecule has 0 saturated heterocycles. The van der Waals surface area contributed by atoms with E-state index >= 15 is 0 Å². The smallest absolute Gasteiger partial charge is 0.272 e. The Hall–Kier alpha value is -3.02. The molecule has 2 aromatic rings. The predicted octanol–water partition coefficient (Wildman–Crippen LogP) is 3.41. The summed E-state index contributed by atoms with van der Waals surface area (Å²) in [4.78, 5) is 41.8. The van der Waals surface area contributed by atoms with Crippen LogP contribution in [0.1, 0.15) is 57.9 Å². The van der Waals surface area contributed by atoms with Gasteiger partial charge in [0.2, 0.25) is 0 Å². The maximum atomic E-state index is 12.4. The Morgan fingerprint density at radius 2 is 1.77 bits per heavy atom. The Kier molecular flexibility index (Phi) is 6.60. The van der Waals surface area contributed by atoms with E-state index in [4.69, 9.17) is 0 Å². The molecule has 1 heterocycles. The van der Waals surface area contributed by atoms with Crippen molar-refractivity contribution in [3.8, 4) is 0 Å². The fourth-order valence-electron chi connectivity index (χ4n) is 2.37. The fourth-order valence-corrected chi connectivity index (χ4v) is 2.37. The van der Waals surface area contributed by atoms with Crippen LogP contribution >= 0.6 is 0 Å². The summed E-state index contributed by atoms with van der Waals surface area (Å²) in [5.74, 6) is -0.584. The highest BCUT2D eigenvalue weighted by Gasteiger charge is 2.15. The van der Waals surface area contributed by atoms with Gasteiger partial charge in [-0.2, -0.15) is 0 Å². The van der Waals surface area contributed by atoms with Crippen molar-refractivity contribution >= 4 is 23.3 Å². The first kappa shape index (κ1) is 19.3. The third-order valence-electron chi connectivity index (χ3n) is 3.98. The molecule has 0 atom stereocenters. The molecule has 1 aromatic heterocycles. The Morgan fingerprint density at radius 1 is 1.08 bits per heavy atom. The number of rotatable bonds is 7. The van der Waals surface area contributed by atoms with Gasteiger partial charge in [0.05, 0.1) is 0 Å². The molecule has 2 rings (SSSR count). The molecule has 26 heavy (non-hydrogen) atoms. The lowest BCUT2D eigenvalue weighted by atomic mass is 10.1. The number of aromatic nitrogens is 1. The summed E-state index contributed by atoms with van der Waals surface area (Å²) in [6.45, 7) is 4.20. The van der Waals surface area contributed by atoms with Crippen LogP contribution in [0.3, 0.4) is 0 Å². The van der Waals surface area contributed by atoms with Gasteiger partial charge in [-0.15, -0.1) is 0 Å². The van der Waals surface area contributed by atoms with Crippen molar-refractivity contribution in [3.63, 3.8) is 0 Å². The Bertz CT molecular complexity index is 800. The number of carbonyl (C=O) groups is 3. The summed E-state index contributed by atoms with van der Waals surface area (Å²) in [6, 6.07) is 9.69. The second kappa shape index (κ2) is 8.89. The van der Waals surface area contributed by atoms with Crippen LogP contribution < -0.4 is 5.32 Å². The van der Waals surface area contributed by atoms with E-state index in [0.717, 1.165) is 12.8 Å². The molecular formula is C20H23N3O3. The van der Waals surface area contributed by atoms with Gasteiger partial charge in [0.15, 0.2) is 5.78 Å². The molecule has 0 spiro atoms. The summed E-state index contributed by atoms with van der Waals surface area (Å²) < 4.78 is 0. The van der Waals surface area contributed by atoms with E-state index in [0.29, 0.717) is 23.4 Å². The van der Waals surface area contributed by atoms with Crippen molar-refractivity contribution in [3.05, 3.63) is 59.4 Å². The van der Waals surface area contributed by atoms with Crippen LogP contribution in [-0.4, -0.2) is 41.1 Å². The summed E-state index contributed by atoms with van der Waals surface area (Å²) >= 11 is 0. The van der Waals surface area contributed by atoms with Crippen molar-refractivity contribution < 1.29 is 14.4 Å². The fraction of sp³-hybridized carbons (Fsp3) is 0.300. The van der Waals surface area contributed by atoms with Crippen LogP contribution in [0.2, 0.25) is 0 Å². The molecule has 0 fully saturated rings. The van der Waals surface area contributed by atoms with E-state index in [1.165, 1.54) is 19.2 Å². The maximum Gasteiger partial charge on any atom is 0.272 e. The highest BCUT2D eigenvalue weighted by molar-refractivity contribution is 6.06. The molecule has 0 aliphatic heterocycles. The zero-order valence-corrected chi connectivity index (χ0v) is 15.3. The topological polar surface area (TPSA) is 79.4 Å².